The van der Waals surface area contributed by atoms with Crippen molar-refractivity contribution in [3.05, 3.63) is 14.9 Å². The number of hydrogen-bond donors (Lipinski definition) is 2. The molecule has 29 heavy (non-hydrogen) atoms. The zero-order chi connectivity index (χ0) is 21.1. The Labute approximate surface area is 184 Å². The van der Waals surface area contributed by atoms with Gasteiger partial charge in [-0.15, -0.1) is 0 Å². The first-order valence-electron chi connectivity index (χ1n) is 7.57. The molecule has 0 aromatic rings. The summed E-state index contributed by atoms with van der Waals surface area (Å²) in [5.74, 6) is 0. The van der Waals surface area contributed by atoms with Gasteiger partial charge in [-0.25, -0.2) is 0 Å². The first-order chi connectivity index (χ1) is 11.5. The minimum Gasteiger partial charge on any atom is -0.358 e. The van der Waals surface area contributed by atoms with Crippen LogP contribution in [0, 0.1) is 14.9 Å². The molecule has 2 aliphatic rings. The number of hydrogen-bond acceptors (Lipinski definition) is 4. The molecule has 2 saturated carbocycles. The van der Waals surface area contributed by atoms with Crippen LogP contribution in [0.15, 0.2) is 0 Å². The molecule has 0 bridgehead atoms. The molecule has 6 nitrogen and oxygen atoms in total. The first kappa shape index (κ1) is 39.6. The SMILES string of the molecule is C1CCCC1.C1CCCC1.O=S(=O)(O)C(F)(F)F.O=S(=O)(O)C(F)(F)F.[CH3-].[CH3-].[Ti+2]. The topological polar surface area (TPSA) is 109 Å². The Morgan fingerprint density at radius 2 is 0.552 bits per heavy atom. The molecular formula is C14H28F6O6S2Ti. The maximum atomic E-state index is 10.7. The molecule has 2 N–H and O–H groups in total. The zero-order valence-corrected chi connectivity index (χ0v) is 19.4. The molecule has 0 heterocycles. The molecule has 2 rings (SSSR count). The summed E-state index contributed by atoms with van der Waals surface area (Å²) in [5, 5.41) is 0. The third kappa shape index (κ3) is 24.3. The smallest absolute Gasteiger partial charge is 0.358 e. The minimum atomic E-state index is -5.84. The molecule has 178 valence electrons. The fourth-order valence-electron chi connectivity index (χ4n) is 1.77. The molecule has 0 amide bonds. The summed E-state index contributed by atoms with van der Waals surface area (Å²) in [7, 11) is -11.7. The van der Waals surface area contributed by atoms with Crippen molar-refractivity contribution in [1.29, 1.82) is 0 Å². The molecule has 15 heteroatoms. The van der Waals surface area contributed by atoms with Crippen molar-refractivity contribution in [3.8, 4) is 0 Å². The average Bonchev–Trinajstić information content (AvgIpc) is 3.15. The maximum absolute atomic E-state index is 10.7. The molecule has 0 aromatic carbocycles. The van der Waals surface area contributed by atoms with Gasteiger partial charge < -0.3 is 14.9 Å². The Morgan fingerprint density at radius 1 is 0.483 bits per heavy atom. The van der Waals surface area contributed by atoms with Gasteiger partial charge in [0.25, 0.3) is 0 Å². The van der Waals surface area contributed by atoms with Gasteiger partial charge in [-0.1, -0.05) is 64.2 Å². The van der Waals surface area contributed by atoms with Crippen molar-refractivity contribution in [3.63, 3.8) is 0 Å². The molecule has 2 aliphatic carbocycles. The van der Waals surface area contributed by atoms with Gasteiger partial charge in [0.2, 0.25) is 0 Å². The Balaban J connectivity index is -0.0000000867. The van der Waals surface area contributed by atoms with E-state index in [0.29, 0.717) is 0 Å². The summed E-state index contributed by atoms with van der Waals surface area (Å²) in [4.78, 5) is 0. The summed E-state index contributed by atoms with van der Waals surface area (Å²) in [5.41, 5.74) is -11.1. The van der Waals surface area contributed by atoms with E-state index in [9.17, 15) is 26.3 Å². The molecular weight excluding hydrogens is 490 g/mol. The fraction of sp³-hybridized carbons (Fsp3) is 0.857. The van der Waals surface area contributed by atoms with Crippen molar-refractivity contribution in [2.75, 3.05) is 0 Å². The van der Waals surface area contributed by atoms with Gasteiger partial charge >= 0.3 is 53.0 Å². The predicted octanol–water partition coefficient (Wildman–Crippen LogP) is 5.59. The second kappa shape index (κ2) is 17.8. The van der Waals surface area contributed by atoms with Crippen molar-refractivity contribution in [2.45, 2.75) is 75.2 Å². The van der Waals surface area contributed by atoms with E-state index < -0.39 is 31.3 Å². The summed E-state index contributed by atoms with van der Waals surface area (Å²) in [6, 6.07) is 0. The Kier molecular flexibility index (Phi) is 24.2. The average molecular weight is 518 g/mol. The van der Waals surface area contributed by atoms with Crippen LogP contribution in [-0.2, 0) is 42.0 Å². The maximum Gasteiger partial charge on any atom is 2.00 e. The zero-order valence-electron chi connectivity index (χ0n) is 16.2. The van der Waals surface area contributed by atoms with Gasteiger partial charge in [-0.2, -0.15) is 43.2 Å². The van der Waals surface area contributed by atoms with Gasteiger partial charge in [-0.3, -0.25) is 9.11 Å². The summed E-state index contributed by atoms with van der Waals surface area (Å²) in [6.07, 6.45) is 15.0. The second-order valence-corrected chi connectivity index (χ2v) is 8.20. The van der Waals surface area contributed by atoms with Crippen molar-refractivity contribution < 1.29 is 74.0 Å². The molecule has 0 aliphatic heterocycles. The van der Waals surface area contributed by atoms with Crippen LogP contribution in [-0.4, -0.2) is 37.0 Å². The quantitative estimate of drug-likeness (QED) is 0.142. The number of halogens is 6. The van der Waals surface area contributed by atoms with Crippen LogP contribution in [0.4, 0.5) is 26.3 Å². The third-order valence-electron chi connectivity index (χ3n) is 3.08. The number of alkyl halides is 6. The van der Waals surface area contributed by atoms with Crippen LogP contribution < -0.4 is 0 Å². The summed E-state index contributed by atoms with van der Waals surface area (Å²) >= 11 is 0. The normalized spacial score (nSPS) is 16.0. The predicted molar refractivity (Wildman–Crippen MR) is 94.2 cm³/mol. The first-order valence-corrected chi connectivity index (χ1v) is 10.5. The van der Waals surface area contributed by atoms with Crippen molar-refractivity contribution in [2.24, 2.45) is 0 Å². The molecule has 0 radical (unpaired) electrons. The van der Waals surface area contributed by atoms with Gasteiger partial charge in [-0.05, 0) is 0 Å². The van der Waals surface area contributed by atoms with E-state index in [1.807, 2.05) is 0 Å². The summed E-state index contributed by atoms with van der Waals surface area (Å²) < 4.78 is 115. The number of rotatable bonds is 0. The molecule has 0 saturated heterocycles. The van der Waals surface area contributed by atoms with E-state index in [1.54, 1.807) is 0 Å². The van der Waals surface area contributed by atoms with Crippen LogP contribution in [0.3, 0.4) is 0 Å². The Morgan fingerprint density at radius 3 is 0.586 bits per heavy atom. The molecule has 0 unspecified atom stereocenters. The monoisotopic (exact) mass is 518 g/mol. The van der Waals surface area contributed by atoms with Gasteiger partial charge in [0, 0.05) is 0 Å². The third-order valence-corrected chi connectivity index (χ3v) is 4.25. The molecule has 2 fully saturated rings. The van der Waals surface area contributed by atoms with Crippen LogP contribution in [0.2, 0.25) is 0 Å². The van der Waals surface area contributed by atoms with Crippen molar-refractivity contribution in [1.82, 2.24) is 0 Å². The van der Waals surface area contributed by atoms with E-state index >= 15 is 0 Å². The van der Waals surface area contributed by atoms with Gasteiger partial charge in [0.15, 0.2) is 0 Å². The second-order valence-electron chi connectivity index (χ2n) is 5.38. The van der Waals surface area contributed by atoms with Gasteiger partial charge in [0.05, 0.1) is 0 Å². The standard InChI is InChI=1S/2C5H10.2CHF3O3S.2CH3.Ti/c2*1-2-4-5-3-1;2*2-1(3,4)8(5,6)7;;;/h2*1-5H2;2*(H,5,6,7);2*1H3;/q;;;;2*-1;+2. The minimum absolute atomic E-state index is 0. The van der Waals surface area contributed by atoms with Crippen LogP contribution in [0.25, 0.3) is 0 Å². The molecule has 0 spiro atoms. The molecule has 0 atom stereocenters. The Hall–Kier alpha value is 0.114. The largest absolute Gasteiger partial charge is 2.00 e. The van der Waals surface area contributed by atoms with Crippen LogP contribution >= 0.6 is 0 Å². The van der Waals surface area contributed by atoms with Gasteiger partial charge in [0.1, 0.15) is 0 Å². The van der Waals surface area contributed by atoms with Crippen LogP contribution in [0.1, 0.15) is 64.2 Å². The van der Waals surface area contributed by atoms with E-state index in [-0.39, 0.29) is 36.6 Å². The Bertz CT molecular complexity index is 501. The van der Waals surface area contributed by atoms with Crippen molar-refractivity contribution >= 4 is 20.2 Å². The van der Waals surface area contributed by atoms with E-state index in [4.69, 9.17) is 25.9 Å². The van der Waals surface area contributed by atoms with Crippen LogP contribution in [0.5, 0.6) is 0 Å². The summed E-state index contributed by atoms with van der Waals surface area (Å²) in [6.45, 7) is 0. The van der Waals surface area contributed by atoms with E-state index in [0.717, 1.165) is 0 Å². The molecule has 0 aromatic heterocycles. The van der Waals surface area contributed by atoms with E-state index in [1.165, 1.54) is 64.2 Å². The van der Waals surface area contributed by atoms with E-state index in [2.05, 4.69) is 0 Å². The fourth-order valence-corrected chi connectivity index (χ4v) is 1.77.